The lowest BCUT2D eigenvalue weighted by molar-refractivity contribution is -0.141. The van der Waals surface area contributed by atoms with Crippen LogP contribution in [-0.2, 0) is 9.53 Å². The molecule has 0 atom stereocenters. The van der Waals surface area contributed by atoms with E-state index < -0.39 is 0 Å². The molecule has 1 aliphatic rings. The van der Waals surface area contributed by atoms with E-state index in [-0.39, 0.29) is 5.97 Å². The molecule has 0 aromatic heterocycles. The average molecular weight is 262 g/mol. The molecule has 0 amide bonds. The number of rotatable bonds is 4. The van der Waals surface area contributed by atoms with E-state index in [1.165, 1.54) is 16.8 Å². The normalized spacial score (nSPS) is 13.7. The second kappa shape index (κ2) is 5.51. The van der Waals surface area contributed by atoms with Crippen molar-refractivity contribution in [1.29, 1.82) is 0 Å². The van der Waals surface area contributed by atoms with Gasteiger partial charge in [0.25, 0.3) is 0 Å². The molecule has 104 valence electrons. The molecular weight excluding hydrogens is 240 g/mol. The first-order chi connectivity index (χ1) is 9.06. The van der Waals surface area contributed by atoms with Crippen molar-refractivity contribution < 1.29 is 9.53 Å². The number of hydrogen-bond donors (Lipinski definition) is 0. The van der Waals surface area contributed by atoms with E-state index in [1.807, 2.05) is 6.92 Å². The maximum atomic E-state index is 11.7. The van der Waals surface area contributed by atoms with Gasteiger partial charge in [-0.2, -0.15) is 0 Å². The van der Waals surface area contributed by atoms with Crippen LogP contribution in [0.5, 0.6) is 0 Å². The Morgan fingerprint density at radius 2 is 1.74 bits per heavy atom. The molecule has 1 aromatic carbocycles. The highest BCUT2D eigenvalue weighted by molar-refractivity contribution is 5.83. The topological polar surface area (TPSA) is 32.8 Å². The first-order valence-electron chi connectivity index (χ1n) is 6.83. The number of anilines is 2. The zero-order valence-electron chi connectivity index (χ0n) is 12.2. The summed E-state index contributed by atoms with van der Waals surface area (Å²) in [5.41, 5.74) is 4.90. The van der Waals surface area contributed by atoms with Gasteiger partial charge in [-0.15, -0.1) is 0 Å². The van der Waals surface area contributed by atoms with Gasteiger partial charge in [0.05, 0.1) is 24.7 Å². The second-order valence-electron chi connectivity index (χ2n) is 4.93. The third kappa shape index (κ3) is 2.67. The summed E-state index contributed by atoms with van der Waals surface area (Å²) in [6.07, 6.45) is 0. The van der Waals surface area contributed by atoms with Crippen molar-refractivity contribution in [2.45, 2.75) is 27.7 Å². The molecule has 19 heavy (non-hydrogen) atoms. The quantitative estimate of drug-likeness (QED) is 0.780. The van der Waals surface area contributed by atoms with Gasteiger partial charge >= 0.3 is 5.97 Å². The van der Waals surface area contributed by atoms with E-state index in [0.29, 0.717) is 13.2 Å². The number of carbonyl (C=O) groups is 1. The van der Waals surface area contributed by atoms with Crippen LogP contribution in [0.25, 0.3) is 0 Å². The van der Waals surface area contributed by atoms with E-state index in [1.54, 1.807) is 0 Å². The molecule has 0 bridgehead atoms. The molecule has 1 aliphatic heterocycles. The third-order valence-electron chi connectivity index (χ3n) is 3.62. The number of carbonyl (C=O) groups excluding carboxylic acids is 1. The van der Waals surface area contributed by atoms with Crippen molar-refractivity contribution in [2.75, 3.05) is 36.2 Å². The maximum Gasteiger partial charge on any atom is 0.325 e. The van der Waals surface area contributed by atoms with Crippen LogP contribution >= 0.6 is 0 Å². The van der Waals surface area contributed by atoms with Crippen molar-refractivity contribution in [3.63, 3.8) is 0 Å². The molecular formula is C15H22N2O2. The van der Waals surface area contributed by atoms with Gasteiger partial charge in [0.15, 0.2) is 0 Å². The molecule has 0 aliphatic carbocycles. The van der Waals surface area contributed by atoms with Gasteiger partial charge in [0.2, 0.25) is 0 Å². The minimum absolute atomic E-state index is 0.162. The molecule has 2 rings (SSSR count). The SMILES string of the molecule is CCOC(=O)CN1CN(CC)c2cc(C)c(C)cc21. The lowest BCUT2D eigenvalue weighted by Gasteiger charge is -2.19. The first kappa shape index (κ1) is 13.7. The van der Waals surface area contributed by atoms with Gasteiger partial charge in [0, 0.05) is 6.54 Å². The van der Waals surface area contributed by atoms with E-state index in [0.717, 1.165) is 18.9 Å². The number of aryl methyl sites for hydroxylation is 2. The number of esters is 1. The van der Waals surface area contributed by atoms with Gasteiger partial charge in [-0.05, 0) is 51.0 Å². The highest BCUT2D eigenvalue weighted by Gasteiger charge is 2.27. The van der Waals surface area contributed by atoms with Crippen molar-refractivity contribution in [3.05, 3.63) is 23.3 Å². The smallest absolute Gasteiger partial charge is 0.325 e. The standard InChI is InChI=1S/C15H22N2O2/c1-5-16-10-17(9-15(18)19-6-2)14-8-12(4)11(3)7-13(14)16/h7-8H,5-6,9-10H2,1-4H3. The fourth-order valence-electron chi connectivity index (χ4n) is 2.42. The number of nitrogens with zero attached hydrogens (tertiary/aromatic N) is 2. The summed E-state index contributed by atoms with van der Waals surface area (Å²) in [6.45, 7) is 10.6. The Morgan fingerprint density at radius 3 is 2.26 bits per heavy atom. The Morgan fingerprint density at radius 1 is 1.16 bits per heavy atom. The van der Waals surface area contributed by atoms with E-state index in [4.69, 9.17) is 4.74 Å². The zero-order chi connectivity index (χ0) is 14.0. The summed E-state index contributed by atoms with van der Waals surface area (Å²) in [4.78, 5) is 16.0. The van der Waals surface area contributed by atoms with Gasteiger partial charge in [-0.25, -0.2) is 0 Å². The second-order valence-corrected chi connectivity index (χ2v) is 4.93. The summed E-state index contributed by atoms with van der Waals surface area (Å²) in [5, 5.41) is 0. The van der Waals surface area contributed by atoms with Crippen LogP contribution in [0.1, 0.15) is 25.0 Å². The zero-order valence-corrected chi connectivity index (χ0v) is 12.2. The average Bonchev–Trinajstić information content (AvgIpc) is 2.68. The van der Waals surface area contributed by atoms with Crippen LogP contribution < -0.4 is 9.80 Å². The summed E-state index contributed by atoms with van der Waals surface area (Å²) >= 11 is 0. The summed E-state index contributed by atoms with van der Waals surface area (Å²) in [7, 11) is 0. The van der Waals surface area contributed by atoms with Gasteiger partial charge in [-0.3, -0.25) is 4.79 Å². The van der Waals surface area contributed by atoms with Crippen molar-refractivity contribution >= 4 is 17.3 Å². The number of fused-ring (bicyclic) bond motifs is 1. The molecule has 4 heteroatoms. The Balaban J connectivity index is 2.27. The maximum absolute atomic E-state index is 11.7. The molecule has 4 nitrogen and oxygen atoms in total. The lowest BCUT2D eigenvalue weighted by atomic mass is 10.1. The Hall–Kier alpha value is -1.71. The van der Waals surface area contributed by atoms with Crippen molar-refractivity contribution in [3.8, 4) is 0 Å². The van der Waals surface area contributed by atoms with Crippen LogP contribution in [0.2, 0.25) is 0 Å². The van der Waals surface area contributed by atoms with Crippen molar-refractivity contribution in [2.24, 2.45) is 0 Å². The highest BCUT2D eigenvalue weighted by atomic mass is 16.5. The van der Waals surface area contributed by atoms with E-state index in [9.17, 15) is 4.79 Å². The molecule has 0 saturated carbocycles. The predicted molar refractivity (Wildman–Crippen MR) is 77.8 cm³/mol. The Kier molecular flexibility index (Phi) is 3.98. The molecule has 0 spiro atoms. The largest absolute Gasteiger partial charge is 0.465 e. The van der Waals surface area contributed by atoms with Gasteiger partial charge in [0.1, 0.15) is 6.54 Å². The molecule has 0 unspecified atom stereocenters. The van der Waals surface area contributed by atoms with Crippen LogP contribution in [0.3, 0.4) is 0 Å². The minimum Gasteiger partial charge on any atom is -0.465 e. The monoisotopic (exact) mass is 262 g/mol. The number of benzene rings is 1. The van der Waals surface area contributed by atoms with Crippen LogP contribution in [0.4, 0.5) is 11.4 Å². The number of hydrogen-bond acceptors (Lipinski definition) is 4. The van der Waals surface area contributed by atoms with Crippen LogP contribution in [-0.4, -0.2) is 32.3 Å². The van der Waals surface area contributed by atoms with Crippen molar-refractivity contribution in [1.82, 2.24) is 0 Å². The fourth-order valence-corrected chi connectivity index (χ4v) is 2.42. The highest BCUT2D eigenvalue weighted by Crippen LogP contribution is 2.37. The van der Waals surface area contributed by atoms with E-state index in [2.05, 4.69) is 42.7 Å². The summed E-state index contributed by atoms with van der Waals surface area (Å²) in [5.74, 6) is -0.162. The number of ether oxygens (including phenoxy) is 1. The third-order valence-corrected chi connectivity index (χ3v) is 3.62. The molecule has 0 saturated heterocycles. The lowest BCUT2D eigenvalue weighted by Crippen LogP contribution is -2.35. The van der Waals surface area contributed by atoms with Crippen LogP contribution in [0, 0.1) is 13.8 Å². The molecule has 0 fully saturated rings. The summed E-state index contributed by atoms with van der Waals surface area (Å²) in [6, 6.07) is 4.37. The molecule has 1 aromatic rings. The Bertz CT molecular complexity index is 485. The van der Waals surface area contributed by atoms with E-state index >= 15 is 0 Å². The van der Waals surface area contributed by atoms with Gasteiger partial charge in [-0.1, -0.05) is 0 Å². The van der Waals surface area contributed by atoms with Gasteiger partial charge < -0.3 is 14.5 Å². The molecule has 0 radical (unpaired) electrons. The van der Waals surface area contributed by atoms with Crippen LogP contribution in [0.15, 0.2) is 12.1 Å². The molecule has 0 N–H and O–H groups in total. The fraction of sp³-hybridized carbons (Fsp3) is 0.533. The summed E-state index contributed by atoms with van der Waals surface area (Å²) < 4.78 is 5.04. The Labute approximate surface area is 115 Å². The minimum atomic E-state index is -0.162. The first-order valence-corrected chi connectivity index (χ1v) is 6.83. The molecule has 1 heterocycles. The predicted octanol–water partition coefficient (Wildman–Crippen LogP) is 2.47.